The van der Waals surface area contributed by atoms with Crippen LogP contribution in [0.15, 0.2) is 11.0 Å². The number of halogens is 1. The summed E-state index contributed by atoms with van der Waals surface area (Å²) < 4.78 is 2.29. The third kappa shape index (κ3) is 2.68. The number of fused-ring (bicyclic) bond motifs is 1. The molecular formula is C16H17ClN6O2. The van der Waals surface area contributed by atoms with E-state index in [-0.39, 0.29) is 28.8 Å². The number of pyridine rings is 1. The van der Waals surface area contributed by atoms with E-state index in [2.05, 4.69) is 15.0 Å². The fourth-order valence-electron chi connectivity index (χ4n) is 2.74. The summed E-state index contributed by atoms with van der Waals surface area (Å²) in [6.45, 7) is 7.33. The van der Waals surface area contributed by atoms with Crippen molar-refractivity contribution in [2.45, 2.75) is 34.2 Å². The van der Waals surface area contributed by atoms with Gasteiger partial charge in [0.2, 0.25) is 11.9 Å². The van der Waals surface area contributed by atoms with Crippen molar-refractivity contribution < 1.29 is 4.79 Å². The van der Waals surface area contributed by atoms with Crippen LogP contribution in [0.25, 0.3) is 11.2 Å². The fourth-order valence-corrected chi connectivity index (χ4v) is 3.00. The third-order valence-corrected chi connectivity index (χ3v) is 4.63. The van der Waals surface area contributed by atoms with E-state index < -0.39 is 11.6 Å². The van der Waals surface area contributed by atoms with E-state index in [1.165, 1.54) is 11.5 Å². The molecule has 0 saturated heterocycles. The minimum atomic E-state index is -0.552. The lowest BCUT2D eigenvalue weighted by molar-refractivity contribution is 0.0936. The number of nitrogens with zero attached hydrogens (tertiary/aromatic N) is 5. The number of aryl methyl sites for hydroxylation is 1. The van der Waals surface area contributed by atoms with Crippen LogP contribution in [0, 0.1) is 20.8 Å². The second-order valence-electron chi connectivity index (χ2n) is 5.91. The van der Waals surface area contributed by atoms with Crippen LogP contribution in [0.1, 0.15) is 34.1 Å². The van der Waals surface area contributed by atoms with Gasteiger partial charge in [0.05, 0.1) is 12.2 Å². The highest BCUT2D eigenvalue weighted by Crippen LogP contribution is 2.22. The van der Waals surface area contributed by atoms with Gasteiger partial charge in [-0.05, 0) is 37.5 Å². The average molecular weight is 361 g/mol. The van der Waals surface area contributed by atoms with E-state index in [9.17, 15) is 9.59 Å². The molecule has 0 bridgehead atoms. The zero-order valence-corrected chi connectivity index (χ0v) is 15.0. The zero-order valence-electron chi connectivity index (χ0n) is 14.3. The summed E-state index contributed by atoms with van der Waals surface area (Å²) in [4.78, 5) is 37.1. The van der Waals surface area contributed by atoms with Crippen molar-refractivity contribution in [3.8, 4) is 0 Å². The number of carbonyl (C=O) groups excluding carboxylic acids is 1. The van der Waals surface area contributed by atoms with E-state index in [1.54, 1.807) is 6.20 Å². The highest BCUT2D eigenvalue weighted by atomic mass is 35.5. The van der Waals surface area contributed by atoms with Gasteiger partial charge in [-0.15, -0.1) is 0 Å². The van der Waals surface area contributed by atoms with Gasteiger partial charge in [-0.1, -0.05) is 11.6 Å². The van der Waals surface area contributed by atoms with Crippen LogP contribution in [0.4, 0.5) is 5.95 Å². The van der Waals surface area contributed by atoms with Gasteiger partial charge < -0.3 is 5.73 Å². The molecule has 0 aliphatic heterocycles. The Morgan fingerprint density at radius 1 is 1.24 bits per heavy atom. The number of imidazole rings is 1. The molecule has 0 aliphatic carbocycles. The Morgan fingerprint density at radius 3 is 2.56 bits per heavy atom. The van der Waals surface area contributed by atoms with E-state index >= 15 is 0 Å². The Hall–Kier alpha value is -2.74. The summed E-state index contributed by atoms with van der Waals surface area (Å²) in [5, 5.41) is -0.0432. The van der Waals surface area contributed by atoms with Crippen molar-refractivity contribution in [1.82, 2.24) is 24.1 Å². The van der Waals surface area contributed by atoms with E-state index in [0.717, 1.165) is 21.3 Å². The van der Waals surface area contributed by atoms with Gasteiger partial charge in [-0.2, -0.15) is 9.97 Å². The number of anilines is 1. The smallest absolute Gasteiger partial charge is 0.337 e. The molecule has 25 heavy (non-hydrogen) atoms. The lowest BCUT2D eigenvalue weighted by Crippen LogP contribution is -2.28. The summed E-state index contributed by atoms with van der Waals surface area (Å²) in [6.07, 6.45) is 1.75. The molecule has 0 amide bonds. The summed E-state index contributed by atoms with van der Waals surface area (Å²) >= 11 is 6.11. The number of rotatable bonds is 2. The average Bonchev–Trinajstić information content (AvgIpc) is 2.81. The Bertz CT molecular complexity index is 1080. The molecule has 0 radical (unpaired) electrons. The van der Waals surface area contributed by atoms with E-state index in [1.807, 2.05) is 20.8 Å². The Morgan fingerprint density at radius 2 is 1.92 bits per heavy atom. The Kier molecular flexibility index (Phi) is 4.08. The number of aromatic nitrogens is 5. The quantitative estimate of drug-likeness (QED) is 0.698. The summed E-state index contributed by atoms with van der Waals surface area (Å²) in [5.41, 5.74) is 9.31. The molecule has 0 aromatic carbocycles. The highest BCUT2D eigenvalue weighted by molar-refractivity contribution is 6.34. The van der Waals surface area contributed by atoms with E-state index in [0.29, 0.717) is 5.69 Å². The number of carbonyl (C=O) groups is 1. The molecule has 9 heteroatoms. The van der Waals surface area contributed by atoms with Crippen molar-refractivity contribution >= 4 is 34.6 Å². The van der Waals surface area contributed by atoms with Gasteiger partial charge in [-0.25, -0.2) is 9.36 Å². The lowest BCUT2D eigenvalue weighted by atomic mass is 10.0. The van der Waals surface area contributed by atoms with Crippen LogP contribution in [0.3, 0.4) is 0 Å². The molecule has 0 fully saturated rings. The van der Waals surface area contributed by atoms with Gasteiger partial charge in [-0.3, -0.25) is 14.3 Å². The normalized spacial score (nSPS) is 11.2. The Balaban J connectivity index is 2.31. The van der Waals surface area contributed by atoms with E-state index in [4.69, 9.17) is 17.3 Å². The number of nitrogen functional groups attached to an aromatic ring is 1. The summed E-state index contributed by atoms with van der Waals surface area (Å²) in [6, 6.07) is 0. The van der Waals surface area contributed by atoms with Gasteiger partial charge >= 0.3 is 5.69 Å². The molecule has 0 spiro atoms. The summed E-state index contributed by atoms with van der Waals surface area (Å²) in [5.74, 6) is -0.550. The summed E-state index contributed by atoms with van der Waals surface area (Å²) in [7, 11) is 0. The van der Waals surface area contributed by atoms with Crippen molar-refractivity contribution in [2.24, 2.45) is 0 Å². The predicted octanol–water partition coefficient (Wildman–Crippen LogP) is 1.86. The molecule has 0 saturated carbocycles. The molecule has 130 valence electrons. The standard InChI is InChI=1S/C16H17ClN6O2/c1-7-5-19-11(9(3)8(7)2)6-22-14-12(13(17)20-15(18)21-14)23(10(4)24)16(22)25/h5H,6H2,1-4H3,(H2,18,20,21). The van der Waals surface area contributed by atoms with Crippen LogP contribution in [-0.2, 0) is 6.54 Å². The molecule has 0 unspecified atom stereocenters. The SMILES string of the molecule is CC(=O)n1c(=O)n(Cc2ncc(C)c(C)c2C)c2nc(N)nc(Cl)c21. The first kappa shape index (κ1) is 17.1. The van der Waals surface area contributed by atoms with Crippen LogP contribution in [0.5, 0.6) is 0 Å². The van der Waals surface area contributed by atoms with Crippen LogP contribution in [0.2, 0.25) is 5.15 Å². The highest BCUT2D eigenvalue weighted by Gasteiger charge is 2.22. The van der Waals surface area contributed by atoms with Crippen LogP contribution < -0.4 is 11.4 Å². The first-order chi connectivity index (χ1) is 11.7. The maximum absolute atomic E-state index is 12.8. The van der Waals surface area contributed by atoms with Crippen molar-refractivity contribution in [1.29, 1.82) is 0 Å². The monoisotopic (exact) mass is 360 g/mol. The number of hydrogen-bond acceptors (Lipinski definition) is 6. The van der Waals surface area contributed by atoms with Gasteiger partial charge in [0.25, 0.3) is 0 Å². The van der Waals surface area contributed by atoms with Crippen molar-refractivity contribution in [3.05, 3.63) is 44.2 Å². The van der Waals surface area contributed by atoms with Crippen molar-refractivity contribution in [3.63, 3.8) is 0 Å². The predicted molar refractivity (Wildman–Crippen MR) is 95.1 cm³/mol. The molecule has 3 aromatic heterocycles. The largest absolute Gasteiger partial charge is 0.368 e. The first-order valence-corrected chi connectivity index (χ1v) is 7.97. The third-order valence-electron chi connectivity index (χ3n) is 4.37. The van der Waals surface area contributed by atoms with Gasteiger partial charge in [0.1, 0.15) is 5.52 Å². The minimum Gasteiger partial charge on any atom is -0.368 e. The van der Waals surface area contributed by atoms with Crippen molar-refractivity contribution in [2.75, 3.05) is 5.73 Å². The number of hydrogen-bond donors (Lipinski definition) is 1. The molecule has 3 aromatic rings. The molecule has 3 rings (SSSR count). The second kappa shape index (κ2) is 5.96. The molecular weight excluding hydrogens is 344 g/mol. The minimum absolute atomic E-state index is 0.0432. The van der Waals surface area contributed by atoms with Gasteiger partial charge in [0, 0.05) is 13.1 Å². The fraction of sp³-hybridized carbons (Fsp3) is 0.312. The maximum Gasteiger partial charge on any atom is 0.337 e. The molecule has 3 heterocycles. The topological polar surface area (TPSA) is 109 Å². The molecule has 2 N–H and O–H groups in total. The zero-order chi connectivity index (χ0) is 18.5. The molecule has 0 aliphatic rings. The Labute approximate surface area is 148 Å². The maximum atomic E-state index is 12.8. The molecule has 8 nitrogen and oxygen atoms in total. The molecule has 0 atom stereocenters. The second-order valence-corrected chi connectivity index (χ2v) is 6.26. The van der Waals surface area contributed by atoms with Crippen LogP contribution in [-0.4, -0.2) is 30.0 Å². The van der Waals surface area contributed by atoms with Gasteiger partial charge in [0.15, 0.2) is 10.8 Å². The first-order valence-electron chi connectivity index (χ1n) is 7.59. The number of nitrogens with two attached hydrogens (primary N) is 1. The van der Waals surface area contributed by atoms with Crippen LogP contribution >= 0.6 is 11.6 Å². The lowest BCUT2D eigenvalue weighted by Gasteiger charge is -2.10.